The molecule has 3 aromatic heterocycles. The number of nitrogens with two attached hydrogens (primary N) is 1. The number of fused-ring (bicyclic) bond motifs is 1. The van der Waals surface area contributed by atoms with Gasteiger partial charge in [-0.25, -0.2) is 19.7 Å². The number of hydrogen-bond donors (Lipinski definition) is 3. The van der Waals surface area contributed by atoms with Gasteiger partial charge in [-0.2, -0.15) is 0 Å². The zero-order valence-corrected chi connectivity index (χ0v) is 18.1. The first-order chi connectivity index (χ1) is 15.3. The van der Waals surface area contributed by atoms with Crippen molar-refractivity contribution in [2.45, 2.75) is 19.9 Å². The summed E-state index contributed by atoms with van der Waals surface area (Å²) in [5.74, 6) is 0.0643. The highest BCUT2D eigenvalue weighted by atomic mass is 35.5. The Morgan fingerprint density at radius 2 is 1.84 bits per heavy atom. The molecule has 0 unspecified atom stereocenters. The Labute approximate surface area is 188 Å². The van der Waals surface area contributed by atoms with E-state index in [1.165, 1.54) is 6.33 Å². The van der Waals surface area contributed by atoms with Crippen LogP contribution in [-0.2, 0) is 0 Å². The molecule has 4 aromatic rings. The second-order valence-corrected chi connectivity index (χ2v) is 7.70. The number of hydrogen-bond acceptors (Lipinski definition) is 6. The Morgan fingerprint density at radius 3 is 2.59 bits per heavy atom. The third-order valence-electron chi connectivity index (χ3n) is 4.79. The van der Waals surface area contributed by atoms with Gasteiger partial charge in [-0.1, -0.05) is 29.8 Å². The summed E-state index contributed by atoms with van der Waals surface area (Å²) >= 11 is 6.07. The molecule has 0 spiro atoms. The Balaban J connectivity index is 1.62. The standard InChI is InChI=1S/C22H20ClN7O2/c1-12(2)30-10-13(18-20(24)25-11-26-21(18)30)19(31)16-8-5-9-17(27-16)29-22(32)28-15-7-4-3-6-14(15)23/h3-12H,1-2H3,(H2,24,25,26)(H2,27,28,29,32). The molecule has 0 saturated heterocycles. The number of urea groups is 1. The van der Waals surface area contributed by atoms with E-state index in [4.69, 9.17) is 17.3 Å². The van der Waals surface area contributed by atoms with Crippen LogP contribution in [-0.4, -0.2) is 31.3 Å². The lowest BCUT2D eigenvalue weighted by Crippen LogP contribution is -2.20. The van der Waals surface area contributed by atoms with Crippen molar-refractivity contribution in [3.05, 3.63) is 71.3 Å². The van der Waals surface area contributed by atoms with E-state index in [9.17, 15) is 9.59 Å². The lowest BCUT2D eigenvalue weighted by atomic mass is 10.1. The molecule has 0 aliphatic rings. The van der Waals surface area contributed by atoms with E-state index in [1.54, 1.807) is 48.7 Å². The highest BCUT2D eigenvalue weighted by molar-refractivity contribution is 6.33. The van der Waals surface area contributed by atoms with Crippen LogP contribution >= 0.6 is 11.6 Å². The molecular formula is C22H20ClN7O2. The Bertz CT molecular complexity index is 1330. The minimum atomic E-state index is -0.538. The maximum absolute atomic E-state index is 13.3. The summed E-state index contributed by atoms with van der Waals surface area (Å²) in [4.78, 5) is 38.2. The van der Waals surface area contributed by atoms with Crippen LogP contribution in [0.25, 0.3) is 11.0 Å². The summed E-state index contributed by atoms with van der Waals surface area (Å²) in [6.45, 7) is 3.96. The molecule has 4 N–H and O–H groups in total. The number of benzene rings is 1. The van der Waals surface area contributed by atoms with Crippen LogP contribution in [0.15, 0.2) is 55.0 Å². The molecule has 0 radical (unpaired) electrons. The maximum Gasteiger partial charge on any atom is 0.324 e. The Morgan fingerprint density at radius 1 is 1.06 bits per heavy atom. The number of halogens is 1. The van der Waals surface area contributed by atoms with Crippen LogP contribution < -0.4 is 16.4 Å². The van der Waals surface area contributed by atoms with Crippen molar-refractivity contribution in [2.75, 3.05) is 16.4 Å². The molecule has 0 aliphatic carbocycles. The molecular weight excluding hydrogens is 430 g/mol. The molecule has 3 heterocycles. The number of carbonyl (C=O) groups is 2. The Kier molecular flexibility index (Phi) is 5.74. The summed E-state index contributed by atoms with van der Waals surface area (Å²) in [6, 6.07) is 11.2. The molecule has 0 aliphatic heterocycles. The third-order valence-corrected chi connectivity index (χ3v) is 5.11. The van der Waals surface area contributed by atoms with Gasteiger partial charge in [-0.05, 0) is 38.1 Å². The van der Waals surface area contributed by atoms with Gasteiger partial charge in [0, 0.05) is 12.2 Å². The van der Waals surface area contributed by atoms with Crippen molar-refractivity contribution in [1.82, 2.24) is 19.5 Å². The number of nitrogens with one attached hydrogen (secondary N) is 2. The summed E-state index contributed by atoms with van der Waals surface area (Å²) in [5, 5.41) is 6.13. The fraction of sp³-hybridized carbons (Fsp3) is 0.136. The normalized spacial score (nSPS) is 11.0. The molecule has 1 aromatic carbocycles. The molecule has 4 rings (SSSR count). The lowest BCUT2D eigenvalue weighted by Gasteiger charge is -2.09. The predicted molar refractivity (Wildman–Crippen MR) is 124 cm³/mol. The first-order valence-corrected chi connectivity index (χ1v) is 10.2. The summed E-state index contributed by atoms with van der Waals surface area (Å²) in [6.07, 6.45) is 3.07. The van der Waals surface area contributed by atoms with Crippen LogP contribution in [0.3, 0.4) is 0 Å². The van der Waals surface area contributed by atoms with Crippen molar-refractivity contribution in [3.8, 4) is 0 Å². The van der Waals surface area contributed by atoms with E-state index in [2.05, 4.69) is 25.6 Å². The summed E-state index contributed by atoms with van der Waals surface area (Å²) in [7, 11) is 0. The fourth-order valence-electron chi connectivity index (χ4n) is 3.28. The maximum atomic E-state index is 13.3. The van der Waals surface area contributed by atoms with Crippen molar-refractivity contribution >= 4 is 51.8 Å². The number of rotatable bonds is 5. The number of nitrogen functional groups attached to an aromatic ring is 1. The van der Waals surface area contributed by atoms with Crippen LogP contribution in [0, 0.1) is 0 Å². The molecule has 9 nitrogen and oxygen atoms in total. The van der Waals surface area contributed by atoms with Gasteiger partial charge < -0.3 is 15.6 Å². The monoisotopic (exact) mass is 449 g/mol. The minimum Gasteiger partial charge on any atom is -0.383 e. The number of ketones is 1. The second kappa shape index (κ2) is 8.64. The van der Waals surface area contributed by atoms with Crippen molar-refractivity contribution < 1.29 is 9.59 Å². The van der Waals surface area contributed by atoms with Gasteiger partial charge in [0.05, 0.1) is 21.7 Å². The van der Waals surface area contributed by atoms with Gasteiger partial charge in [0.25, 0.3) is 0 Å². The zero-order chi connectivity index (χ0) is 22.8. The molecule has 10 heteroatoms. The van der Waals surface area contributed by atoms with Crippen LogP contribution in [0.4, 0.5) is 22.1 Å². The number of carbonyl (C=O) groups excluding carboxylic acids is 2. The third kappa shape index (κ3) is 4.10. The van der Waals surface area contributed by atoms with Crippen molar-refractivity contribution in [3.63, 3.8) is 0 Å². The predicted octanol–water partition coefficient (Wildman–Crippen LogP) is 4.52. The average molecular weight is 450 g/mol. The number of amides is 2. The van der Waals surface area contributed by atoms with E-state index >= 15 is 0 Å². The quantitative estimate of drug-likeness (QED) is 0.384. The molecule has 0 saturated carbocycles. The van der Waals surface area contributed by atoms with Gasteiger partial charge >= 0.3 is 6.03 Å². The van der Waals surface area contributed by atoms with Gasteiger partial charge in [0.1, 0.15) is 29.3 Å². The Hall–Kier alpha value is -3.98. The smallest absolute Gasteiger partial charge is 0.324 e. The second-order valence-electron chi connectivity index (χ2n) is 7.30. The number of nitrogens with zero attached hydrogens (tertiary/aromatic N) is 4. The highest BCUT2D eigenvalue weighted by Gasteiger charge is 2.22. The van der Waals surface area contributed by atoms with Crippen molar-refractivity contribution in [2.24, 2.45) is 0 Å². The summed E-state index contributed by atoms with van der Waals surface area (Å²) < 4.78 is 1.86. The van der Waals surface area contributed by atoms with Gasteiger partial charge in [-0.3, -0.25) is 10.1 Å². The van der Waals surface area contributed by atoms with Crippen LogP contribution in [0.5, 0.6) is 0 Å². The highest BCUT2D eigenvalue weighted by Crippen LogP contribution is 2.28. The van der Waals surface area contributed by atoms with E-state index < -0.39 is 6.03 Å². The largest absolute Gasteiger partial charge is 0.383 e. The minimum absolute atomic E-state index is 0.0582. The van der Waals surface area contributed by atoms with Gasteiger partial charge in [-0.15, -0.1) is 0 Å². The van der Waals surface area contributed by atoms with Crippen LogP contribution in [0.2, 0.25) is 5.02 Å². The van der Waals surface area contributed by atoms with E-state index in [0.29, 0.717) is 27.3 Å². The molecule has 162 valence electrons. The zero-order valence-electron chi connectivity index (χ0n) is 17.3. The molecule has 0 atom stereocenters. The van der Waals surface area contributed by atoms with Crippen LogP contribution in [0.1, 0.15) is 35.9 Å². The first-order valence-electron chi connectivity index (χ1n) is 9.80. The van der Waals surface area contributed by atoms with E-state index in [0.717, 1.165) is 0 Å². The topological polar surface area (TPSA) is 128 Å². The molecule has 0 fully saturated rings. The number of pyridine rings is 1. The number of para-hydroxylation sites is 1. The number of anilines is 3. The fourth-order valence-corrected chi connectivity index (χ4v) is 3.46. The molecule has 0 bridgehead atoms. The lowest BCUT2D eigenvalue weighted by molar-refractivity contribution is 0.103. The molecule has 32 heavy (non-hydrogen) atoms. The van der Waals surface area contributed by atoms with E-state index in [-0.39, 0.29) is 29.2 Å². The average Bonchev–Trinajstić information content (AvgIpc) is 3.16. The SMILES string of the molecule is CC(C)n1cc(C(=O)c2cccc(NC(=O)Nc3ccccc3Cl)n2)c2c(N)ncnc21. The van der Waals surface area contributed by atoms with Gasteiger partial charge in [0.2, 0.25) is 5.78 Å². The first kappa shape index (κ1) is 21.3. The van der Waals surface area contributed by atoms with Crippen molar-refractivity contribution in [1.29, 1.82) is 0 Å². The number of aromatic nitrogens is 4. The van der Waals surface area contributed by atoms with Gasteiger partial charge in [0.15, 0.2) is 0 Å². The van der Waals surface area contributed by atoms with E-state index in [1.807, 2.05) is 18.4 Å². The summed E-state index contributed by atoms with van der Waals surface area (Å²) in [5.41, 5.74) is 7.57. The molecule has 2 amide bonds.